The third kappa shape index (κ3) is 3.69. The highest BCUT2D eigenvalue weighted by Crippen LogP contribution is 2.48. The maximum Gasteiger partial charge on any atom is 0.303 e. The van der Waals surface area contributed by atoms with Crippen molar-refractivity contribution in [1.29, 1.82) is 0 Å². The van der Waals surface area contributed by atoms with Gasteiger partial charge in [0.15, 0.2) is 0 Å². The SMILES string of the molecule is CCCc1cc(OC)c(C(CC(=O)O)C2CC2)cc1OC. The Morgan fingerprint density at radius 1 is 1.29 bits per heavy atom. The van der Waals surface area contributed by atoms with E-state index in [1.165, 1.54) is 0 Å². The molecule has 0 heterocycles. The van der Waals surface area contributed by atoms with Crippen molar-refractivity contribution in [3.63, 3.8) is 0 Å². The predicted molar refractivity (Wildman–Crippen MR) is 81.3 cm³/mol. The van der Waals surface area contributed by atoms with E-state index < -0.39 is 5.97 Å². The number of ether oxygens (including phenoxy) is 2. The molecule has 0 spiro atoms. The summed E-state index contributed by atoms with van der Waals surface area (Å²) in [6.45, 7) is 2.12. The number of carbonyl (C=O) groups is 1. The Kier molecular flexibility index (Phi) is 5.10. The van der Waals surface area contributed by atoms with Crippen molar-refractivity contribution >= 4 is 5.97 Å². The Morgan fingerprint density at radius 2 is 1.95 bits per heavy atom. The molecule has 1 aliphatic carbocycles. The van der Waals surface area contributed by atoms with Gasteiger partial charge in [0.05, 0.1) is 20.6 Å². The van der Waals surface area contributed by atoms with Crippen LogP contribution in [0, 0.1) is 5.92 Å². The van der Waals surface area contributed by atoms with Crippen molar-refractivity contribution in [2.75, 3.05) is 14.2 Å². The molecule has 1 N–H and O–H groups in total. The van der Waals surface area contributed by atoms with Crippen molar-refractivity contribution in [2.45, 2.75) is 44.9 Å². The molecule has 1 unspecified atom stereocenters. The van der Waals surface area contributed by atoms with Crippen LogP contribution >= 0.6 is 0 Å². The van der Waals surface area contributed by atoms with Gasteiger partial charge in [-0.2, -0.15) is 0 Å². The van der Waals surface area contributed by atoms with Gasteiger partial charge in [-0.1, -0.05) is 13.3 Å². The average molecular weight is 292 g/mol. The molecular formula is C17H24O4. The third-order valence-corrected chi connectivity index (χ3v) is 4.14. The molecule has 1 saturated carbocycles. The smallest absolute Gasteiger partial charge is 0.303 e. The average Bonchev–Trinajstić information content (AvgIpc) is 3.29. The molecule has 1 aliphatic rings. The quantitative estimate of drug-likeness (QED) is 0.795. The van der Waals surface area contributed by atoms with E-state index in [0.29, 0.717) is 5.92 Å². The largest absolute Gasteiger partial charge is 0.496 e. The lowest BCUT2D eigenvalue weighted by Crippen LogP contribution is -2.10. The number of carboxylic acids is 1. The molecule has 21 heavy (non-hydrogen) atoms. The highest BCUT2D eigenvalue weighted by atomic mass is 16.5. The predicted octanol–water partition coefficient (Wildman–Crippen LogP) is 3.62. The normalized spacial score (nSPS) is 15.6. The van der Waals surface area contributed by atoms with Crippen LogP contribution in [0.5, 0.6) is 11.5 Å². The first-order valence-electron chi connectivity index (χ1n) is 7.57. The first-order valence-corrected chi connectivity index (χ1v) is 7.57. The lowest BCUT2D eigenvalue weighted by atomic mass is 9.88. The van der Waals surface area contributed by atoms with Crippen LogP contribution in [0.25, 0.3) is 0 Å². The molecule has 1 atom stereocenters. The number of methoxy groups -OCH3 is 2. The van der Waals surface area contributed by atoms with E-state index in [9.17, 15) is 9.90 Å². The van der Waals surface area contributed by atoms with Crippen LogP contribution in [0.15, 0.2) is 12.1 Å². The molecule has 1 fully saturated rings. The van der Waals surface area contributed by atoms with Gasteiger partial charge >= 0.3 is 5.97 Å². The van der Waals surface area contributed by atoms with E-state index in [-0.39, 0.29) is 12.3 Å². The zero-order chi connectivity index (χ0) is 15.4. The maximum atomic E-state index is 11.2. The van der Waals surface area contributed by atoms with Crippen molar-refractivity contribution < 1.29 is 19.4 Å². The van der Waals surface area contributed by atoms with Crippen LogP contribution < -0.4 is 9.47 Å². The highest BCUT2D eigenvalue weighted by molar-refractivity contribution is 5.68. The van der Waals surface area contributed by atoms with Gasteiger partial charge in [0.2, 0.25) is 0 Å². The van der Waals surface area contributed by atoms with E-state index in [1.54, 1.807) is 14.2 Å². The van der Waals surface area contributed by atoms with Crippen molar-refractivity contribution in [1.82, 2.24) is 0 Å². The van der Waals surface area contributed by atoms with Crippen molar-refractivity contribution in [3.8, 4) is 11.5 Å². The molecule has 0 aromatic heterocycles. The van der Waals surface area contributed by atoms with Crippen LogP contribution in [0.2, 0.25) is 0 Å². The minimum Gasteiger partial charge on any atom is -0.496 e. The maximum absolute atomic E-state index is 11.2. The Bertz CT molecular complexity index is 506. The second-order valence-electron chi connectivity index (χ2n) is 5.70. The Hall–Kier alpha value is -1.71. The summed E-state index contributed by atoms with van der Waals surface area (Å²) >= 11 is 0. The molecule has 0 radical (unpaired) electrons. The first kappa shape index (κ1) is 15.7. The first-order chi connectivity index (χ1) is 10.1. The van der Waals surface area contributed by atoms with Crippen molar-refractivity contribution in [3.05, 3.63) is 23.3 Å². The van der Waals surface area contributed by atoms with Gasteiger partial charge in [-0.25, -0.2) is 0 Å². The van der Waals surface area contributed by atoms with Crippen molar-refractivity contribution in [2.24, 2.45) is 5.92 Å². The molecule has 4 heteroatoms. The minimum absolute atomic E-state index is 0.0158. The standard InChI is InChI=1S/C17H24O4/c1-4-5-12-8-16(21-3)14(9-15(12)20-2)13(10-17(18)19)11-6-7-11/h8-9,11,13H,4-7,10H2,1-3H3,(H,18,19). The number of hydrogen-bond donors (Lipinski definition) is 1. The summed E-state index contributed by atoms with van der Waals surface area (Å²) in [7, 11) is 3.31. The van der Waals surface area contributed by atoms with Crippen LogP contribution in [-0.2, 0) is 11.2 Å². The van der Waals surface area contributed by atoms with E-state index in [2.05, 4.69) is 6.92 Å². The van der Waals surface area contributed by atoms with Gasteiger partial charge in [-0.15, -0.1) is 0 Å². The summed E-state index contributed by atoms with van der Waals surface area (Å²) in [6.07, 6.45) is 4.30. The van der Waals surface area contributed by atoms with E-state index in [1.807, 2.05) is 12.1 Å². The van der Waals surface area contributed by atoms with Gasteiger partial charge in [-0.05, 0) is 42.9 Å². The summed E-state index contributed by atoms with van der Waals surface area (Å²) in [5, 5.41) is 9.18. The van der Waals surface area contributed by atoms with Crippen LogP contribution in [0.1, 0.15) is 49.7 Å². The van der Waals surface area contributed by atoms with Crippen LogP contribution in [-0.4, -0.2) is 25.3 Å². The van der Waals surface area contributed by atoms with Gasteiger partial charge in [-0.3, -0.25) is 4.79 Å². The summed E-state index contributed by atoms with van der Waals surface area (Å²) < 4.78 is 11.0. The lowest BCUT2D eigenvalue weighted by molar-refractivity contribution is -0.137. The Morgan fingerprint density at radius 3 is 2.43 bits per heavy atom. The summed E-state index contributed by atoms with van der Waals surface area (Å²) in [5.74, 6) is 1.34. The zero-order valence-corrected chi connectivity index (χ0v) is 13.0. The summed E-state index contributed by atoms with van der Waals surface area (Å²) in [6, 6.07) is 3.99. The van der Waals surface area contributed by atoms with Crippen LogP contribution in [0.3, 0.4) is 0 Å². The number of hydrogen-bond acceptors (Lipinski definition) is 3. The molecule has 1 aromatic carbocycles. The minimum atomic E-state index is -0.759. The molecule has 0 aliphatic heterocycles. The van der Waals surface area contributed by atoms with Gasteiger partial charge in [0.25, 0.3) is 0 Å². The monoisotopic (exact) mass is 292 g/mol. The van der Waals surface area contributed by atoms with Gasteiger partial charge < -0.3 is 14.6 Å². The number of aliphatic carboxylic acids is 1. The number of benzene rings is 1. The molecule has 4 nitrogen and oxygen atoms in total. The fourth-order valence-corrected chi connectivity index (χ4v) is 2.96. The second kappa shape index (κ2) is 6.83. The highest BCUT2D eigenvalue weighted by Gasteiger charge is 2.35. The van der Waals surface area contributed by atoms with Gasteiger partial charge in [0, 0.05) is 11.5 Å². The second-order valence-corrected chi connectivity index (χ2v) is 5.70. The van der Waals surface area contributed by atoms with Crippen LogP contribution in [0.4, 0.5) is 0 Å². The molecule has 0 bridgehead atoms. The molecular weight excluding hydrogens is 268 g/mol. The fourth-order valence-electron chi connectivity index (χ4n) is 2.96. The molecule has 0 amide bonds. The molecule has 116 valence electrons. The Balaban J connectivity index is 2.41. The third-order valence-electron chi connectivity index (χ3n) is 4.14. The topological polar surface area (TPSA) is 55.8 Å². The Labute approximate surface area is 126 Å². The van der Waals surface area contributed by atoms with E-state index in [0.717, 1.165) is 48.3 Å². The number of rotatable bonds is 8. The van der Waals surface area contributed by atoms with E-state index >= 15 is 0 Å². The summed E-state index contributed by atoms with van der Waals surface area (Å²) in [4.78, 5) is 11.2. The molecule has 2 rings (SSSR count). The molecule has 0 saturated heterocycles. The molecule has 1 aromatic rings. The zero-order valence-electron chi connectivity index (χ0n) is 13.0. The number of carboxylic acid groups (broad SMARTS) is 1. The van der Waals surface area contributed by atoms with E-state index in [4.69, 9.17) is 9.47 Å². The summed E-state index contributed by atoms with van der Waals surface area (Å²) in [5.41, 5.74) is 2.09. The van der Waals surface area contributed by atoms with Gasteiger partial charge in [0.1, 0.15) is 11.5 Å². The fraction of sp³-hybridized carbons (Fsp3) is 0.588. The number of aryl methyl sites for hydroxylation is 1. The lowest BCUT2D eigenvalue weighted by Gasteiger charge is -2.20.